The molecular formula is C36H36BrN3O4. The van der Waals surface area contributed by atoms with E-state index in [1.165, 1.54) is 5.56 Å². The fourth-order valence-corrected chi connectivity index (χ4v) is 5.75. The Kier molecular flexibility index (Phi) is 9.80. The molecule has 4 aromatic carbocycles. The molecule has 5 aromatic rings. The van der Waals surface area contributed by atoms with Gasteiger partial charge in [0.15, 0.2) is 11.5 Å². The molecule has 0 radical (unpaired) electrons. The number of amides is 1. The van der Waals surface area contributed by atoms with Crippen LogP contribution in [0.25, 0.3) is 16.6 Å². The molecule has 8 heteroatoms. The van der Waals surface area contributed by atoms with Crippen molar-refractivity contribution in [3.05, 3.63) is 128 Å². The molecule has 1 amide bonds. The average Bonchev–Trinajstić information content (AvgIpc) is 3.06. The second kappa shape index (κ2) is 13.9. The molecule has 1 unspecified atom stereocenters. The van der Waals surface area contributed by atoms with Crippen LogP contribution in [0.2, 0.25) is 0 Å². The van der Waals surface area contributed by atoms with Crippen LogP contribution in [0.3, 0.4) is 0 Å². The summed E-state index contributed by atoms with van der Waals surface area (Å²) >= 11 is 3.48. The van der Waals surface area contributed by atoms with E-state index in [1.54, 1.807) is 24.9 Å². The van der Waals surface area contributed by atoms with E-state index >= 15 is 0 Å². The van der Waals surface area contributed by atoms with E-state index in [0.717, 1.165) is 22.1 Å². The number of methoxy groups -OCH3 is 2. The van der Waals surface area contributed by atoms with Crippen molar-refractivity contribution in [1.82, 2.24) is 14.5 Å². The van der Waals surface area contributed by atoms with Gasteiger partial charge >= 0.3 is 0 Å². The number of para-hydroxylation sites is 1. The highest BCUT2D eigenvalue weighted by Crippen LogP contribution is 2.31. The third-order valence-corrected chi connectivity index (χ3v) is 8.44. The van der Waals surface area contributed by atoms with Gasteiger partial charge in [-0.25, -0.2) is 4.98 Å². The summed E-state index contributed by atoms with van der Waals surface area (Å²) in [5, 5.41) is 0.529. The van der Waals surface area contributed by atoms with Crippen LogP contribution in [0.1, 0.15) is 53.6 Å². The number of carbonyl (C=O) groups is 1. The highest BCUT2D eigenvalue weighted by atomic mass is 79.9. The number of hydrogen-bond acceptors (Lipinski definition) is 5. The molecule has 1 atom stereocenters. The van der Waals surface area contributed by atoms with Crippen molar-refractivity contribution in [3.8, 4) is 17.2 Å². The third-order valence-electron chi connectivity index (χ3n) is 7.91. The van der Waals surface area contributed by atoms with Crippen LogP contribution in [0.5, 0.6) is 11.5 Å². The third kappa shape index (κ3) is 6.40. The molecule has 1 aromatic heterocycles. The summed E-state index contributed by atoms with van der Waals surface area (Å²) < 4.78 is 13.5. The van der Waals surface area contributed by atoms with Crippen LogP contribution < -0.4 is 15.0 Å². The molecule has 0 fully saturated rings. The molecular weight excluding hydrogens is 618 g/mol. The van der Waals surface area contributed by atoms with Gasteiger partial charge in [-0.15, -0.1) is 0 Å². The number of ether oxygens (including phenoxy) is 2. The normalized spacial score (nSPS) is 11.8. The fraction of sp³-hybridized carbons (Fsp3) is 0.250. The first-order valence-corrected chi connectivity index (χ1v) is 15.6. The number of benzene rings is 4. The second-order valence-corrected chi connectivity index (χ2v) is 11.4. The maximum atomic E-state index is 14.3. The molecule has 0 spiro atoms. The van der Waals surface area contributed by atoms with Gasteiger partial charge in [0, 0.05) is 16.6 Å². The van der Waals surface area contributed by atoms with Gasteiger partial charge in [0.1, 0.15) is 5.82 Å². The summed E-state index contributed by atoms with van der Waals surface area (Å²) in [5.74, 6) is 1.66. The largest absolute Gasteiger partial charge is 0.493 e. The molecule has 5 rings (SSSR count). The molecule has 7 nitrogen and oxygen atoms in total. The Morgan fingerprint density at radius 1 is 0.886 bits per heavy atom. The molecule has 0 aliphatic heterocycles. The van der Waals surface area contributed by atoms with Gasteiger partial charge in [0.2, 0.25) is 0 Å². The van der Waals surface area contributed by atoms with Gasteiger partial charge in [-0.3, -0.25) is 14.2 Å². The highest BCUT2D eigenvalue weighted by Gasteiger charge is 2.30. The predicted octanol–water partition coefficient (Wildman–Crippen LogP) is 7.56. The zero-order chi connectivity index (χ0) is 31.2. The summed E-state index contributed by atoms with van der Waals surface area (Å²) in [6, 6.07) is 28.0. The van der Waals surface area contributed by atoms with Crippen LogP contribution in [0, 0.1) is 0 Å². The van der Waals surface area contributed by atoms with Crippen molar-refractivity contribution in [2.45, 2.75) is 39.2 Å². The van der Waals surface area contributed by atoms with Gasteiger partial charge in [0.05, 0.1) is 36.9 Å². The lowest BCUT2D eigenvalue weighted by atomic mass is 10.0. The van der Waals surface area contributed by atoms with E-state index in [4.69, 9.17) is 14.5 Å². The SMILES string of the molecule is CCc1ccc(-n2c(C(CC)N(CCc3ccc(OC)c(OC)c3)C(=O)c3ccc(Br)cc3)nc3ccccc3c2=O)cc1. The molecule has 0 N–H and O–H groups in total. The molecule has 0 aliphatic rings. The van der Waals surface area contributed by atoms with Crippen molar-refractivity contribution < 1.29 is 14.3 Å². The number of rotatable bonds is 11. The summed E-state index contributed by atoms with van der Waals surface area (Å²) in [7, 11) is 3.21. The summed E-state index contributed by atoms with van der Waals surface area (Å²) in [6.45, 7) is 4.51. The summed E-state index contributed by atoms with van der Waals surface area (Å²) in [5.41, 5.74) is 3.87. The zero-order valence-electron chi connectivity index (χ0n) is 25.4. The van der Waals surface area contributed by atoms with Crippen molar-refractivity contribution in [3.63, 3.8) is 0 Å². The van der Waals surface area contributed by atoms with Crippen LogP contribution in [0.15, 0.2) is 100 Å². The lowest BCUT2D eigenvalue weighted by Crippen LogP contribution is -2.39. The Balaban J connectivity index is 1.65. The van der Waals surface area contributed by atoms with Crippen molar-refractivity contribution in [2.24, 2.45) is 0 Å². The van der Waals surface area contributed by atoms with E-state index in [1.807, 2.05) is 96.8 Å². The lowest BCUT2D eigenvalue weighted by molar-refractivity contribution is 0.0661. The van der Waals surface area contributed by atoms with Gasteiger partial charge in [-0.05, 0) is 91.1 Å². The topological polar surface area (TPSA) is 73.7 Å². The Hall–Kier alpha value is -4.43. The average molecular weight is 655 g/mol. The van der Waals surface area contributed by atoms with Crippen LogP contribution >= 0.6 is 15.9 Å². The molecule has 0 saturated heterocycles. The summed E-state index contributed by atoms with van der Waals surface area (Å²) in [6.07, 6.45) is 2.00. The second-order valence-electron chi connectivity index (χ2n) is 10.5. The van der Waals surface area contributed by atoms with Gasteiger partial charge in [0.25, 0.3) is 11.5 Å². The van der Waals surface area contributed by atoms with E-state index in [-0.39, 0.29) is 11.5 Å². The Labute approximate surface area is 266 Å². The standard InChI is InChI=1S/C36H36BrN3O4/c1-5-24-11-18-28(19-12-24)40-34(38-30-10-8-7-9-29(30)36(40)42)31(6-2)39(35(41)26-14-16-27(37)17-15-26)22-21-25-13-20-32(43-3)33(23-25)44-4/h7-20,23,31H,5-6,21-22H2,1-4H3. The number of nitrogens with zero attached hydrogens (tertiary/aromatic N) is 3. The molecule has 1 heterocycles. The van der Waals surface area contributed by atoms with Crippen LogP contribution in [-0.2, 0) is 12.8 Å². The van der Waals surface area contributed by atoms with Gasteiger partial charge in [-0.2, -0.15) is 0 Å². The quantitative estimate of drug-likeness (QED) is 0.147. The van der Waals surface area contributed by atoms with Crippen molar-refractivity contribution >= 4 is 32.7 Å². The number of carbonyl (C=O) groups excluding carboxylic acids is 1. The number of hydrogen-bond donors (Lipinski definition) is 0. The number of aryl methyl sites for hydroxylation is 1. The summed E-state index contributed by atoms with van der Waals surface area (Å²) in [4.78, 5) is 35.3. The predicted molar refractivity (Wildman–Crippen MR) is 178 cm³/mol. The zero-order valence-corrected chi connectivity index (χ0v) is 27.0. The lowest BCUT2D eigenvalue weighted by Gasteiger charge is -2.33. The van der Waals surface area contributed by atoms with E-state index in [0.29, 0.717) is 53.2 Å². The minimum Gasteiger partial charge on any atom is -0.493 e. The number of halogens is 1. The van der Waals surface area contributed by atoms with Crippen molar-refractivity contribution in [2.75, 3.05) is 20.8 Å². The highest BCUT2D eigenvalue weighted by molar-refractivity contribution is 9.10. The molecule has 226 valence electrons. The molecule has 0 saturated carbocycles. The first-order valence-electron chi connectivity index (χ1n) is 14.8. The number of fused-ring (bicyclic) bond motifs is 1. The molecule has 0 aliphatic carbocycles. The van der Waals surface area contributed by atoms with E-state index in [9.17, 15) is 9.59 Å². The maximum absolute atomic E-state index is 14.3. The van der Waals surface area contributed by atoms with Crippen molar-refractivity contribution in [1.29, 1.82) is 0 Å². The molecule has 0 bridgehead atoms. The van der Waals surface area contributed by atoms with Crippen LogP contribution in [-0.4, -0.2) is 41.1 Å². The minimum absolute atomic E-state index is 0.139. The van der Waals surface area contributed by atoms with E-state index in [2.05, 4.69) is 22.9 Å². The maximum Gasteiger partial charge on any atom is 0.266 e. The Morgan fingerprint density at radius 3 is 2.23 bits per heavy atom. The van der Waals surface area contributed by atoms with E-state index < -0.39 is 6.04 Å². The first-order chi connectivity index (χ1) is 21.4. The first kappa shape index (κ1) is 31.0. The minimum atomic E-state index is -0.491. The van der Waals surface area contributed by atoms with Gasteiger partial charge < -0.3 is 14.4 Å². The monoisotopic (exact) mass is 653 g/mol. The smallest absolute Gasteiger partial charge is 0.266 e. The van der Waals surface area contributed by atoms with Crippen LogP contribution in [0.4, 0.5) is 0 Å². The van der Waals surface area contributed by atoms with Gasteiger partial charge in [-0.1, -0.05) is 60.1 Å². The molecule has 44 heavy (non-hydrogen) atoms. The number of aromatic nitrogens is 2. The fourth-order valence-electron chi connectivity index (χ4n) is 5.49. The Bertz CT molecular complexity index is 1820. The Morgan fingerprint density at radius 2 is 1.57 bits per heavy atom.